The van der Waals surface area contributed by atoms with Crippen molar-refractivity contribution in [3.63, 3.8) is 0 Å². The van der Waals surface area contributed by atoms with Gasteiger partial charge in [-0.3, -0.25) is 0 Å². The molecular formula is C27H32F8O2. The molecule has 0 amide bonds. The van der Waals surface area contributed by atoms with E-state index in [1.807, 2.05) is 0 Å². The Morgan fingerprint density at radius 2 is 0.838 bits per heavy atom. The van der Waals surface area contributed by atoms with Crippen LogP contribution in [0.4, 0.5) is 35.1 Å². The first kappa shape index (κ1) is 30.7. The van der Waals surface area contributed by atoms with E-state index in [4.69, 9.17) is 0 Å². The summed E-state index contributed by atoms with van der Waals surface area (Å²) in [6, 6.07) is 8.45. The van der Waals surface area contributed by atoms with E-state index < -0.39 is 52.8 Å². The number of halogens is 8. The van der Waals surface area contributed by atoms with Crippen LogP contribution in [0.15, 0.2) is 36.4 Å². The van der Waals surface area contributed by atoms with Gasteiger partial charge in [0.1, 0.15) is 11.5 Å². The van der Waals surface area contributed by atoms with Gasteiger partial charge >= 0.3 is 25.1 Å². The van der Waals surface area contributed by atoms with Crippen molar-refractivity contribution in [1.82, 2.24) is 0 Å². The Kier molecular flexibility index (Phi) is 8.28. The van der Waals surface area contributed by atoms with Crippen LogP contribution in [-0.2, 0) is 16.2 Å². The Morgan fingerprint density at radius 1 is 0.541 bits per heavy atom. The lowest BCUT2D eigenvalue weighted by Crippen LogP contribution is -2.34. The minimum atomic E-state index is -4.69. The first-order chi connectivity index (χ1) is 16.5. The summed E-state index contributed by atoms with van der Waals surface area (Å²) >= 11 is 0. The lowest BCUT2D eigenvalue weighted by Gasteiger charge is -2.33. The second-order valence-corrected chi connectivity index (χ2v) is 11.5. The molecule has 2 rings (SSSR count). The highest BCUT2D eigenvalue weighted by molar-refractivity contribution is 5.50. The van der Waals surface area contributed by atoms with Crippen LogP contribution < -0.4 is 9.47 Å². The number of rotatable bonds is 8. The van der Waals surface area contributed by atoms with Crippen molar-refractivity contribution in [1.29, 1.82) is 0 Å². The van der Waals surface area contributed by atoms with Gasteiger partial charge in [0, 0.05) is 16.5 Å². The van der Waals surface area contributed by atoms with Gasteiger partial charge in [0.05, 0.1) is 0 Å². The fraction of sp³-hybridized carbons (Fsp3) is 0.556. The van der Waals surface area contributed by atoms with Crippen LogP contribution in [-0.4, -0.2) is 25.1 Å². The maximum Gasteiger partial charge on any atom is 0.461 e. The third-order valence-electron chi connectivity index (χ3n) is 6.02. The quantitative estimate of drug-likeness (QED) is 0.311. The van der Waals surface area contributed by atoms with E-state index in [9.17, 15) is 35.1 Å². The highest BCUT2D eigenvalue weighted by atomic mass is 19.3. The van der Waals surface area contributed by atoms with Crippen LogP contribution in [0.2, 0.25) is 0 Å². The lowest BCUT2D eigenvalue weighted by atomic mass is 9.73. The van der Waals surface area contributed by atoms with E-state index in [0.717, 1.165) is 0 Å². The van der Waals surface area contributed by atoms with Crippen LogP contribution in [0.5, 0.6) is 11.5 Å². The minimum Gasteiger partial charge on any atom is -0.428 e. The average molecular weight is 541 g/mol. The highest BCUT2D eigenvalue weighted by Crippen LogP contribution is 2.43. The van der Waals surface area contributed by atoms with Crippen molar-refractivity contribution in [2.24, 2.45) is 0 Å². The Balaban J connectivity index is 2.64. The molecule has 2 aromatic rings. The van der Waals surface area contributed by atoms with E-state index in [1.54, 1.807) is 67.5 Å². The Hall–Kier alpha value is -2.52. The summed E-state index contributed by atoms with van der Waals surface area (Å²) in [6.07, 6.45) is -17.4. The van der Waals surface area contributed by atoms with Gasteiger partial charge in [-0.05, 0) is 34.1 Å². The van der Waals surface area contributed by atoms with Gasteiger partial charge < -0.3 is 9.47 Å². The van der Waals surface area contributed by atoms with Gasteiger partial charge in [0.15, 0.2) is 0 Å². The molecule has 0 aromatic heterocycles. The summed E-state index contributed by atoms with van der Waals surface area (Å²) in [7, 11) is 0. The molecule has 0 bridgehead atoms. The molecule has 0 heterocycles. The van der Waals surface area contributed by atoms with Crippen molar-refractivity contribution in [2.45, 2.75) is 96.7 Å². The van der Waals surface area contributed by atoms with Crippen molar-refractivity contribution in [3.05, 3.63) is 58.7 Å². The minimum absolute atomic E-state index is 0.256. The van der Waals surface area contributed by atoms with Gasteiger partial charge in [-0.2, -0.15) is 35.1 Å². The fourth-order valence-electron chi connectivity index (χ4n) is 3.74. The Labute approximate surface area is 212 Å². The van der Waals surface area contributed by atoms with Crippen molar-refractivity contribution >= 4 is 0 Å². The predicted octanol–water partition coefficient (Wildman–Crippen LogP) is 9.08. The molecule has 0 saturated carbocycles. The zero-order chi connectivity index (χ0) is 28.8. The average Bonchev–Trinajstić information content (AvgIpc) is 2.71. The van der Waals surface area contributed by atoms with Crippen LogP contribution in [0.25, 0.3) is 0 Å². The van der Waals surface area contributed by atoms with Gasteiger partial charge in [-0.25, -0.2) is 0 Å². The molecule has 10 heteroatoms. The number of alkyl halides is 8. The molecule has 0 aliphatic heterocycles. The molecule has 37 heavy (non-hydrogen) atoms. The smallest absolute Gasteiger partial charge is 0.428 e. The van der Waals surface area contributed by atoms with Crippen LogP contribution >= 0.6 is 0 Å². The van der Waals surface area contributed by atoms with Crippen LogP contribution in [0.1, 0.15) is 77.6 Å². The molecule has 2 aromatic carbocycles. The normalized spacial score (nSPS) is 13.9. The zero-order valence-electron chi connectivity index (χ0n) is 22.0. The molecule has 2 nitrogen and oxygen atoms in total. The van der Waals surface area contributed by atoms with Crippen molar-refractivity contribution in [2.75, 3.05) is 0 Å². The van der Waals surface area contributed by atoms with E-state index in [0.29, 0.717) is 11.1 Å². The summed E-state index contributed by atoms with van der Waals surface area (Å²) in [6.45, 7) is 13.8. The van der Waals surface area contributed by atoms with Gasteiger partial charge in [0.25, 0.3) is 0 Å². The highest BCUT2D eigenvalue weighted by Gasteiger charge is 2.46. The molecule has 0 N–H and O–H groups in total. The molecule has 0 saturated heterocycles. The summed E-state index contributed by atoms with van der Waals surface area (Å²) in [5.74, 6) is -0.795. The van der Waals surface area contributed by atoms with Crippen LogP contribution in [0, 0.1) is 0 Å². The molecule has 0 fully saturated rings. The molecule has 0 atom stereocenters. The molecule has 0 radical (unpaired) electrons. The summed E-state index contributed by atoms with van der Waals surface area (Å²) in [5, 5.41) is 0. The number of benzene rings is 2. The summed E-state index contributed by atoms with van der Waals surface area (Å²) in [5.41, 5.74) is -0.693. The van der Waals surface area contributed by atoms with Crippen molar-refractivity contribution in [3.8, 4) is 11.5 Å². The second kappa shape index (κ2) is 9.98. The topological polar surface area (TPSA) is 18.5 Å². The van der Waals surface area contributed by atoms with Gasteiger partial charge in [0.2, 0.25) is 0 Å². The first-order valence-electron chi connectivity index (χ1n) is 11.5. The Bertz CT molecular complexity index is 1010. The lowest BCUT2D eigenvalue weighted by molar-refractivity contribution is -0.253. The maximum absolute atomic E-state index is 13.7. The number of hydrogen-bond donors (Lipinski definition) is 0. The third-order valence-corrected chi connectivity index (χ3v) is 6.02. The van der Waals surface area contributed by atoms with Crippen LogP contribution in [0.3, 0.4) is 0 Å². The zero-order valence-corrected chi connectivity index (χ0v) is 22.0. The largest absolute Gasteiger partial charge is 0.461 e. The van der Waals surface area contributed by atoms with E-state index in [1.165, 1.54) is 24.3 Å². The summed E-state index contributed by atoms with van der Waals surface area (Å²) < 4.78 is 115. The van der Waals surface area contributed by atoms with E-state index >= 15 is 0 Å². The summed E-state index contributed by atoms with van der Waals surface area (Å²) in [4.78, 5) is 0. The predicted molar refractivity (Wildman–Crippen MR) is 126 cm³/mol. The van der Waals surface area contributed by atoms with Gasteiger partial charge in [-0.15, -0.1) is 0 Å². The second-order valence-electron chi connectivity index (χ2n) is 11.5. The van der Waals surface area contributed by atoms with Gasteiger partial charge in [-0.1, -0.05) is 79.7 Å². The molecule has 0 spiro atoms. The molecular weight excluding hydrogens is 508 g/mol. The Morgan fingerprint density at radius 3 is 1.08 bits per heavy atom. The molecule has 0 unspecified atom stereocenters. The molecule has 0 aliphatic carbocycles. The molecule has 208 valence electrons. The van der Waals surface area contributed by atoms with E-state index in [2.05, 4.69) is 9.47 Å². The molecule has 0 aliphatic rings. The monoisotopic (exact) mass is 540 g/mol. The third kappa shape index (κ3) is 6.87. The fourth-order valence-corrected chi connectivity index (χ4v) is 3.74. The standard InChI is InChI=1S/C27H32F8O2/c1-23(2,3)17-13-15(9-11-19(17)36-26(32,33)21(28)29)25(7,8)16-10-12-20(18(14-16)24(4,5)6)37-27(34,35)22(30)31/h9-14,21-22H,1-8H3. The number of ether oxygens (including phenoxy) is 2. The van der Waals surface area contributed by atoms with Crippen molar-refractivity contribution < 1.29 is 44.6 Å². The van der Waals surface area contributed by atoms with E-state index in [-0.39, 0.29) is 11.1 Å². The first-order valence-corrected chi connectivity index (χ1v) is 11.5. The SMILES string of the molecule is CC(C)(C)c1cc(C(C)(C)c2ccc(OC(F)(F)C(F)F)c(C(C)(C)C)c2)ccc1OC(F)(F)C(F)F. The number of hydrogen-bond acceptors (Lipinski definition) is 2. The maximum atomic E-state index is 13.7.